The van der Waals surface area contributed by atoms with Crippen LogP contribution in [0.3, 0.4) is 0 Å². The van der Waals surface area contributed by atoms with Gasteiger partial charge in [0.1, 0.15) is 5.76 Å². The van der Waals surface area contributed by atoms with Crippen LogP contribution in [0.1, 0.15) is 40.8 Å². The Kier molecular flexibility index (Phi) is 2.28. The van der Waals surface area contributed by atoms with Crippen LogP contribution < -0.4 is 0 Å². The molecular formula is C15H14ClNO. The van der Waals surface area contributed by atoms with Gasteiger partial charge < -0.3 is 4.42 Å². The van der Waals surface area contributed by atoms with E-state index in [0.29, 0.717) is 17.7 Å². The maximum absolute atomic E-state index is 5.92. The zero-order valence-corrected chi connectivity index (χ0v) is 10.7. The van der Waals surface area contributed by atoms with E-state index in [0.717, 1.165) is 17.4 Å². The molecule has 1 aromatic carbocycles. The van der Waals surface area contributed by atoms with Crippen LogP contribution in [0, 0.1) is 5.92 Å². The van der Waals surface area contributed by atoms with E-state index < -0.39 is 0 Å². The largest absolute Gasteiger partial charge is 0.448 e. The maximum Gasteiger partial charge on any atom is 0.181 e. The summed E-state index contributed by atoms with van der Waals surface area (Å²) in [7, 11) is 0. The first-order chi connectivity index (χ1) is 8.90. The predicted molar refractivity (Wildman–Crippen MR) is 69.8 cm³/mol. The topological polar surface area (TPSA) is 26.0 Å². The number of oxazole rings is 1. The van der Waals surface area contributed by atoms with Crippen LogP contribution in [-0.4, -0.2) is 4.98 Å². The number of fused-ring (bicyclic) bond motifs is 3. The van der Waals surface area contributed by atoms with Crippen LogP contribution in [0.4, 0.5) is 0 Å². The number of halogens is 1. The van der Waals surface area contributed by atoms with E-state index in [1.807, 2.05) is 0 Å². The number of hydrogen-bond acceptors (Lipinski definition) is 2. The first-order valence-corrected chi connectivity index (χ1v) is 6.99. The molecule has 0 spiro atoms. The summed E-state index contributed by atoms with van der Waals surface area (Å²) in [5.74, 6) is 3.34. The second kappa shape index (κ2) is 3.86. The van der Waals surface area contributed by atoms with E-state index in [-0.39, 0.29) is 0 Å². The van der Waals surface area contributed by atoms with E-state index in [1.165, 1.54) is 30.4 Å². The van der Waals surface area contributed by atoms with Crippen LogP contribution >= 0.6 is 11.6 Å². The fraction of sp³-hybridized carbons (Fsp3) is 0.400. The molecule has 1 heterocycles. The fourth-order valence-corrected chi connectivity index (χ4v) is 3.77. The number of rotatable bonds is 2. The Morgan fingerprint density at radius 2 is 2.17 bits per heavy atom. The molecule has 0 amide bonds. The van der Waals surface area contributed by atoms with Crippen molar-refractivity contribution in [3.63, 3.8) is 0 Å². The van der Waals surface area contributed by atoms with Crippen LogP contribution in [0.2, 0.25) is 0 Å². The van der Waals surface area contributed by atoms with Crippen molar-refractivity contribution in [1.82, 2.24) is 4.98 Å². The lowest BCUT2D eigenvalue weighted by Crippen LogP contribution is -2.00. The molecule has 0 saturated heterocycles. The number of aromatic nitrogens is 1. The molecule has 3 atom stereocenters. The first-order valence-electron chi connectivity index (χ1n) is 6.46. The van der Waals surface area contributed by atoms with Crippen molar-refractivity contribution >= 4 is 11.6 Å². The lowest BCUT2D eigenvalue weighted by atomic mass is 9.92. The van der Waals surface area contributed by atoms with Gasteiger partial charge in [0.15, 0.2) is 6.39 Å². The summed E-state index contributed by atoms with van der Waals surface area (Å²) >= 11 is 5.92. The number of aryl methyl sites for hydroxylation is 1. The molecule has 92 valence electrons. The molecule has 3 unspecified atom stereocenters. The van der Waals surface area contributed by atoms with Gasteiger partial charge in [-0.2, -0.15) is 0 Å². The van der Waals surface area contributed by atoms with Gasteiger partial charge in [0.25, 0.3) is 0 Å². The highest BCUT2D eigenvalue weighted by molar-refractivity contribution is 6.16. The smallest absolute Gasteiger partial charge is 0.181 e. The quantitative estimate of drug-likeness (QED) is 0.766. The summed E-state index contributed by atoms with van der Waals surface area (Å²) < 4.78 is 5.59. The summed E-state index contributed by atoms with van der Waals surface area (Å²) in [6.07, 6.45) is 3.98. The molecule has 0 aliphatic heterocycles. The normalized spacial score (nSPS) is 28.6. The van der Waals surface area contributed by atoms with Crippen molar-refractivity contribution in [3.05, 3.63) is 53.2 Å². The second-order valence-electron chi connectivity index (χ2n) is 5.25. The third-order valence-electron chi connectivity index (χ3n) is 4.43. The Labute approximate surface area is 111 Å². The van der Waals surface area contributed by atoms with Crippen LogP contribution in [0.5, 0.6) is 0 Å². The molecule has 0 N–H and O–H groups in total. The molecule has 18 heavy (non-hydrogen) atoms. The van der Waals surface area contributed by atoms with Crippen molar-refractivity contribution in [2.24, 2.45) is 5.92 Å². The third-order valence-corrected chi connectivity index (χ3v) is 4.68. The van der Waals surface area contributed by atoms with E-state index in [9.17, 15) is 0 Å². The van der Waals surface area contributed by atoms with Crippen LogP contribution in [-0.2, 0) is 12.3 Å². The summed E-state index contributed by atoms with van der Waals surface area (Å²) in [5, 5.41) is 0. The SMILES string of the molecule is ClCc1ncoc1C1C2CCc3ccccc3C21. The van der Waals surface area contributed by atoms with Crippen molar-refractivity contribution in [2.75, 3.05) is 0 Å². The number of nitrogens with zero attached hydrogens (tertiary/aromatic N) is 1. The average Bonchev–Trinajstić information content (AvgIpc) is 2.98. The molecule has 1 saturated carbocycles. The Balaban J connectivity index is 1.73. The maximum atomic E-state index is 5.92. The van der Waals surface area contributed by atoms with Gasteiger partial charge >= 0.3 is 0 Å². The number of alkyl halides is 1. The van der Waals surface area contributed by atoms with Gasteiger partial charge in [0.05, 0.1) is 11.6 Å². The van der Waals surface area contributed by atoms with E-state index in [4.69, 9.17) is 16.0 Å². The van der Waals surface area contributed by atoms with Gasteiger partial charge in [0, 0.05) is 5.92 Å². The van der Waals surface area contributed by atoms with Gasteiger partial charge in [0.2, 0.25) is 0 Å². The Hall–Kier alpha value is -1.28. The van der Waals surface area contributed by atoms with E-state index >= 15 is 0 Å². The molecule has 1 aromatic heterocycles. The monoisotopic (exact) mass is 259 g/mol. The molecule has 1 fully saturated rings. The molecule has 4 rings (SSSR count). The Bertz CT molecular complexity index is 592. The highest BCUT2D eigenvalue weighted by Gasteiger charge is 2.56. The van der Waals surface area contributed by atoms with Gasteiger partial charge in [-0.15, -0.1) is 11.6 Å². The van der Waals surface area contributed by atoms with Gasteiger partial charge in [-0.05, 0) is 35.8 Å². The zero-order chi connectivity index (χ0) is 12.1. The summed E-state index contributed by atoms with van der Waals surface area (Å²) in [4.78, 5) is 4.21. The molecule has 3 heteroatoms. The summed E-state index contributed by atoms with van der Waals surface area (Å²) in [6, 6.07) is 8.79. The van der Waals surface area contributed by atoms with Gasteiger partial charge in [-0.1, -0.05) is 24.3 Å². The number of hydrogen-bond donors (Lipinski definition) is 0. The van der Waals surface area contributed by atoms with Crippen molar-refractivity contribution in [3.8, 4) is 0 Å². The van der Waals surface area contributed by atoms with Gasteiger partial charge in [-0.25, -0.2) is 4.98 Å². The highest BCUT2D eigenvalue weighted by atomic mass is 35.5. The van der Waals surface area contributed by atoms with E-state index in [1.54, 1.807) is 0 Å². The first kappa shape index (κ1) is 10.6. The highest BCUT2D eigenvalue weighted by Crippen LogP contribution is 2.65. The van der Waals surface area contributed by atoms with Gasteiger partial charge in [-0.3, -0.25) is 0 Å². The zero-order valence-electron chi connectivity index (χ0n) is 9.97. The second-order valence-corrected chi connectivity index (χ2v) is 5.52. The lowest BCUT2D eigenvalue weighted by molar-refractivity contribution is 0.492. The number of benzene rings is 1. The fourth-order valence-electron chi connectivity index (χ4n) is 3.57. The average molecular weight is 260 g/mol. The molecule has 2 aliphatic carbocycles. The molecular weight excluding hydrogens is 246 g/mol. The van der Waals surface area contributed by atoms with Crippen LogP contribution in [0.15, 0.2) is 35.1 Å². The van der Waals surface area contributed by atoms with Crippen molar-refractivity contribution < 1.29 is 4.42 Å². The standard InChI is InChI=1S/C15H14ClNO/c16-7-12-15(18-8-17-12)14-11-6-5-9-3-1-2-4-10(9)13(11)14/h1-4,8,11,13-14H,5-7H2. The molecule has 2 aliphatic rings. The minimum atomic E-state index is 0.448. The lowest BCUT2D eigenvalue weighted by Gasteiger charge is -2.13. The molecule has 2 nitrogen and oxygen atoms in total. The Morgan fingerprint density at radius 3 is 3.06 bits per heavy atom. The van der Waals surface area contributed by atoms with E-state index in [2.05, 4.69) is 29.2 Å². The predicted octanol–water partition coefficient (Wildman–Crippen LogP) is 3.86. The molecule has 0 radical (unpaired) electrons. The summed E-state index contributed by atoms with van der Waals surface area (Å²) in [6.45, 7) is 0. The summed E-state index contributed by atoms with van der Waals surface area (Å²) in [5.41, 5.74) is 3.94. The minimum Gasteiger partial charge on any atom is -0.448 e. The minimum absolute atomic E-state index is 0.448. The third kappa shape index (κ3) is 1.39. The Morgan fingerprint density at radius 1 is 1.28 bits per heavy atom. The molecule has 2 aromatic rings. The van der Waals surface area contributed by atoms with Crippen molar-refractivity contribution in [1.29, 1.82) is 0 Å². The van der Waals surface area contributed by atoms with Crippen molar-refractivity contribution in [2.45, 2.75) is 30.6 Å². The molecule has 0 bridgehead atoms. The van der Waals surface area contributed by atoms with Crippen LogP contribution in [0.25, 0.3) is 0 Å².